The molecule has 1 amide bonds. The van der Waals surface area contributed by atoms with Crippen LogP contribution in [-0.2, 0) is 9.47 Å². The predicted octanol–water partition coefficient (Wildman–Crippen LogP) is 2.58. The lowest BCUT2D eigenvalue weighted by Gasteiger charge is -2.39. The van der Waals surface area contributed by atoms with Gasteiger partial charge in [0, 0.05) is 25.3 Å². The minimum Gasteiger partial charge on any atom is -0.375 e. The number of amides is 1. The summed E-state index contributed by atoms with van der Waals surface area (Å²) in [5.74, 6) is 0.794. The van der Waals surface area contributed by atoms with Gasteiger partial charge in [-0.2, -0.15) is 0 Å². The molecule has 1 aliphatic carbocycles. The Kier molecular flexibility index (Phi) is 4.31. The van der Waals surface area contributed by atoms with Crippen LogP contribution < -0.4 is 0 Å². The van der Waals surface area contributed by atoms with E-state index in [2.05, 4.69) is 4.98 Å². The molecule has 0 unspecified atom stereocenters. The number of hydrogen-bond donors (Lipinski definition) is 0. The summed E-state index contributed by atoms with van der Waals surface area (Å²) in [6.45, 7) is 4.89. The van der Waals surface area contributed by atoms with E-state index in [1.165, 1.54) is 12.8 Å². The third-order valence-electron chi connectivity index (χ3n) is 5.37. The summed E-state index contributed by atoms with van der Waals surface area (Å²) in [4.78, 5) is 19.1. The summed E-state index contributed by atoms with van der Waals surface area (Å²) in [7, 11) is 0. The minimum atomic E-state index is -0.216. The van der Waals surface area contributed by atoms with E-state index in [0.29, 0.717) is 18.8 Å². The maximum absolute atomic E-state index is 12.8. The largest absolute Gasteiger partial charge is 0.375 e. The highest BCUT2D eigenvalue weighted by atomic mass is 16.6. The van der Waals surface area contributed by atoms with Crippen molar-refractivity contribution in [2.45, 2.75) is 50.7 Å². The molecular formula is C19H26N2O3. The SMILES string of the molecule is Cc1cccc(C(=O)N2CCC[C@@]3(C[C@@H](OCC4CC4)CO3)C2)n1. The molecule has 0 aromatic carbocycles. The fraction of sp³-hybridized carbons (Fsp3) is 0.684. The highest BCUT2D eigenvalue weighted by Gasteiger charge is 2.45. The van der Waals surface area contributed by atoms with Gasteiger partial charge in [0.05, 0.1) is 24.9 Å². The Balaban J connectivity index is 1.39. The predicted molar refractivity (Wildman–Crippen MR) is 89.9 cm³/mol. The summed E-state index contributed by atoms with van der Waals surface area (Å²) in [5, 5.41) is 0. The average molecular weight is 330 g/mol. The second-order valence-electron chi connectivity index (χ2n) is 7.59. The Morgan fingerprint density at radius 1 is 1.46 bits per heavy atom. The molecule has 2 aliphatic heterocycles. The molecule has 3 fully saturated rings. The first-order chi connectivity index (χ1) is 11.6. The highest BCUT2D eigenvalue weighted by Crippen LogP contribution is 2.37. The zero-order valence-corrected chi connectivity index (χ0v) is 14.4. The highest BCUT2D eigenvalue weighted by molar-refractivity contribution is 5.92. The lowest BCUT2D eigenvalue weighted by Crippen LogP contribution is -2.50. The monoisotopic (exact) mass is 330 g/mol. The Morgan fingerprint density at radius 3 is 3.12 bits per heavy atom. The number of carbonyl (C=O) groups excluding carboxylic acids is 1. The molecular weight excluding hydrogens is 304 g/mol. The number of hydrogen-bond acceptors (Lipinski definition) is 4. The van der Waals surface area contributed by atoms with Gasteiger partial charge in [-0.3, -0.25) is 4.79 Å². The Hall–Kier alpha value is -1.46. The number of likely N-dealkylation sites (tertiary alicyclic amines) is 1. The number of carbonyl (C=O) groups is 1. The van der Waals surface area contributed by atoms with Crippen molar-refractivity contribution >= 4 is 5.91 Å². The molecule has 1 saturated carbocycles. The number of piperidine rings is 1. The second-order valence-corrected chi connectivity index (χ2v) is 7.59. The van der Waals surface area contributed by atoms with E-state index in [1.807, 2.05) is 24.0 Å². The smallest absolute Gasteiger partial charge is 0.272 e. The molecule has 0 radical (unpaired) electrons. The third-order valence-corrected chi connectivity index (χ3v) is 5.37. The molecule has 5 heteroatoms. The van der Waals surface area contributed by atoms with Gasteiger partial charge in [0.15, 0.2) is 0 Å². The van der Waals surface area contributed by atoms with Gasteiger partial charge in [-0.05, 0) is 50.7 Å². The van der Waals surface area contributed by atoms with Crippen LogP contribution in [0.1, 0.15) is 48.3 Å². The van der Waals surface area contributed by atoms with Gasteiger partial charge in [0.1, 0.15) is 5.69 Å². The van der Waals surface area contributed by atoms with Crippen LogP contribution in [-0.4, -0.2) is 53.8 Å². The van der Waals surface area contributed by atoms with Gasteiger partial charge in [-0.25, -0.2) is 4.98 Å². The Bertz CT molecular complexity index is 616. The van der Waals surface area contributed by atoms with Crippen molar-refractivity contribution in [1.82, 2.24) is 9.88 Å². The second kappa shape index (κ2) is 6.45. The number of rotatable bonds is 4. The number of pyridine rings is 1. The van der Waals surface area contributed by atoms with Crippen molar-refractivity contribution in [2.75, 3.05) is 26.3 Å². The lowest BCUT2D eigenvalue weighted by atomic mass is 9.89. The van der Waals surface area contributed by atoms with Crippen LogP contribution >= 0.6 is 0 Å². The Labute approximate surface area is 143 Å². The molecule has 3 heterocycles. The molecule has 130 valence electrons. The van der Waals surface area contributed by atoms with E-state index in [9.17, 15) is 4.79 Å². The number of aryl methyl sites for hydroxylation is 1. The summed E-state index contributed by atoms with van der Waals surface area (Å²) in [5.41, 5.74) is 1.19. The molecule has 1 spiro atoms. The summed E-state index contributed by atoms with van der Waals surface area (Å²) < 4.78 is 12.2. The first-order valence-electron chi connectivity index (χ1n) is 9.12. The molecule has 0 bridgehead atoms. The van der Waals surface area contributed by atoms with E-state index in [0.717, 1.165) is 44.0 Å². The molecule has 0 N–H and O–H groups in total. The van der Waals surface area contributed by atoms with E-state index < -0.39 is 0 Å². The summed E-state index contributed by atoms with van der Waals surface area (Å²) in [6, 6.07) is 5.60. The van der Waals surface area contributed by atoms with Crippen molar-refractivity contribution in [3.05, 3.63) is 29.6 Å². The van der Waals surface area contributed by atoms with Crippen LogP contribution in [0.4, 0.5) is 0 Å². The van der Waals surface area contributed by atoms with Gasteiger partial charge in [-0.1, -0.05) is 6.07 Å². The first-order valence-corrected chi connectivity index (χ1v) is 9.12. The molecule has 1 aromatic rings. The van der Waals surface area contributed by atoms with Crippen molar-refractivity contribution in [2.24, 2.45) is 5.92 Å². The maximum atomic E-state index is 12.8. The van der Waals surface area contributed by atoms with Gasteiger partial charge >= 0.3 is 0 Å². The van der Waals surface area contributed by atoms with Crippen LogP contribution in [0.3, 0.4) is 0 Å². The molecule has 24 heavy (non-hydrogen) atoms. The fourth-order valence-electron chi connectivity index (χ4n) is 3.85. The van der Waals surface area contributed by atoms with Crippen molar-refractivity contribution in [3.63, 3.8) is 0 Å². The molecule has 1 aromatic heterocycles. The zero-order valence-electron chi connectivity index (χ0n) is 14.4. The fourth-order valence-corrected chi connectivity index (χ4v) is 3.85. The van der Waals surface area contributed by atoms with Crippen molar-refractivity contribution in [1.29, 1.82) is 0 Å². The van der Waals surface area contributed by atoms with E-state index in [-0.39, 0.29) is 17.6 Å². The number of nitrogens with zero attached hydrogens (tertiary/aromatic N) is 2. The molecule has 2 atom stereocenters. The van der Waals surface area contributed by atoms with Gasteiger partial charge in [-0.15, -0.1) is 0 Å². The summed E-state index contributed by atoms with van der Waals surface area (Å²) in [6.07, 6.45) is 5.71. The van der Waals surface area contributed by atoms with Crippen LogP contribution in [0.25, 0.3) is 0 Å². The third kappa shape index (κ3) is 3.47. The summed E-state index contributed by atoms with van der Waals surface area (Å²) >= 11 is 0. The van der Waals surface area contributed by atoms with Crippen LogP contribution in [0.5, 0.6) is 0 Å². The van der Waals surface area contributed by atoms with Crippen LogP contribution in [0.2, 0.25) is 0 Å². The number of ether oxygens (including phenoxy) is 2. The van der Waals surface area contributed by atoms with Crippen molar-refractivity contribution in [3.8, 4) is 0 Å². The van der Waals surface area contributed by atoms with Gasteiger partial charge < -0.3 is 14.4 Å². The zero-order chi connectivity index (χ0) is 16.6. The Morgan fingerprint density at radius 2 is 2.33 bits per heavy atom. The van der Waals surface area contributed by atoms with Crippen LogP contribution in [0.15, 0.2) is 18.2 Å². The van der Waals surface area contributed by atoms with Gasteiger partial charge in [0.2, 0.25) is 0 Å². The quantitative estimate of drug-likeness (QED) is 0.851. The minimum absolute atomic E-state index is 0.0173. The normalized spacial score (nSPS) is 30.0. The maximum Gasteiger partial charge on any atom is 0.272 e. The standard InChI is InChI=1S/C19H26N2O3/c1-14-4-2-5-17(20-14)18(22)21-9-3-8-19(13-21)10-16(12-24-19)23-11-15-6-7-15/h2,4-5,15-16H,3,6-13H2,1H3/t16-,19-/m1/s1. The molecule has 3 aliphatic rings. The number of aromatic nitrogens is 1. The molecule has 5 nitrogen and oxygen atoms in total. The van der Waals surface area contributed by atoms with Crippen LogP contribution in [0, 0.1) is 12.8 Å². The first kappa shape index (κ1) is 16.0. The molecule has 2 saturated heterocycles. The van der Waals surface area contributed by atoms with Crippen molar-refractivity contribution < 1.29 is 14.3 Å². The molecule has 4 rings (SSSR count). The lowest BCUT2D eigenvalue weighted by molar-refractivity contribution is -0.0466. The van der Waals surface area contributed by atoms with E-state index >= 15 is 0 Å². The van der Waals surface area contributed by atoms with Gasteiger partial charge in [0.25, 0.3) is 5.91 Å². The topological polar surface area (TPSA) is 51.7 Å². The average Bonchev–Trinajstić information content (AvgIpc) is 3.35. The van der Waals surface area contributed by atoms with E-state index in [4.69, 9.17) is 9.47 Å². The van der Waals surface area contributed by atoms with E-state index in [1.54, 1.807) is 6.07 Å².